The predicted octanol–water partition coefficient (Wildman–Crippen LogP) is 2.53. The van der Waals surface area contributed by atoms with Gasteiger partial charge in [-0.3, -0.25) is 4.79 Å². The molecule has 0 unspecified atom stereocenters. The van der Waals surface area contributed by atoms with Crippen molar-refractivity contribution in [2.75, 3.05) is 45.3 Å². The predicted molar refractivity (Wildman–Crippen MR) is 127 cm³/mol. The van der Waals surface area contributed by atoms with Crippen LogP contribution in [-0.2, 0) is 29.1 Å². The number of carbonyl (C=O) groups is 2. The zero-order valence-corrected chi connectivity index (χ0v) is 20.2. The molecule has 0 radical (unpaired) electrons. The number of anilines is 1. The Bertz CT molecular complexity index is 1170. The number of benzene rings is 2. The zero-order valence-electron chi connectivity index (χ0n) is 19.4. The second kappa shape index (κ2) is 11.3. The summed E-state index contributed by atoms with van der Waals surface area (Å²) in [7, 11) is -2.41. The summed E-state index contributed by atoms with van der Waals surface area (Å²) in [6.07, 6.45) is 2.55. The molecular formula is C24H28N2O7S. The Labute approximate surface area is 199 Å². The first-order valence-electron chi connectivity index (χ1n) is 10.7. The molecule has 1 heterocycles. The van der Waals surface area contributed by atoms with Crippen molar-refractivity contribution >= 4 is 33.7 Å². The Morgan fingerprint density at radius 2 is 1.76 bits per heavy atom. The van der Waals surface area contributed by atoms with Crippen LogP contribution < -0.4 is 10.1 Å². The molecule has 9 nitrogen and oxygen atoms in total. The molecule has 1 aliphatic rings. The number of morpholine rings is 1. The van der Waals surface area contributed by atoms with E-state index in [1.54, 1.807) is 6.07 Å². The number of aryl methyl sites for hydroxylation is 2. The van der Waals surface area contributed by atoms with Gasteiger partial charge in [0, 0.05) is 24.9 Å². The Balaban J connectivity index is 1.63. The molecule has 34 heavy (non-hydrogen) atoms. The van der Waals surface area contributed by atoms with Crippen LogP contribution in [0.5, 0.6) is 5.75 Å². The number of esters is 1. The molecular weight excluding hydrogens is 460 g/mol. The van der Waals surface area contributed by atoms with Crippen LogP contribution in [0.15, 0.2) is 47.4 Å². The fraction of sp³-hybridized carbons (Fsp3) is 0.333. The number of hydrogen-bond acceptors (Lipinski definition) is 7. The first-order chi connectivity index (χ1) is 16.2. The number of sulfonamides is 1. The summed E-state index contributed by atoms with van der Waals surface area (Å²) in [5.74, 6) is -0.992. The molecule has 0 atom stereocenters. The second-order valence-electron chi connectivity index (χ2n) is 7.79. The molecule has 2 aromatic rings. The molecule has 0 spiro atoms. The number of nitrogens with one attached hydrogen (secondary N) is 1. The monoisotopic (exact) mass is 488 g/mol. The van der Waals surface area contributed by atoms with Crippen molar-refractivity contribution in [3.63, 3.8) is 0 Å². The first kappa shape index (κ1) is 25.4. The lowest BCUT2D eigenvalue weighted by molar-refractivity contribution is -0.142. The highest BCUT2D eigenvalue weighted by Gasteiger charge is 2.29. The Morgan fingerprint density at radius 3 is 2.41 bits per heavy atom. The van der Waals surface area contributed by atoms with E-state index in [-0.39, 0.29) is 23.7 Å². The van der Waals surface area contributed by atoms with Crippen molar-refractivity contribution in [3.05, 3.63) is 59.2 Å². The molecule has 1 aliphatic heterocycles. The summed E-state index contributed by atoms with van der Waals surface area (Å²) in [5, 5.41) is 2.69. The molecule has 2 aromatic carbocycles. The molecule has 0 bridgehead atoms. The Hall–Kier alpha value is -3.21. The van der Waals surface area contributed by atoms with Crippen LogP contribution in [0, 0.1) is 13.8 Å². The molecule has 1 saturated heterocycles. The Morgan fingerprint density at radius 1 is 1.09 bits per heavy atom. The number of methoxy groups -OCH3 is 1. The SMILES string of the molecule is COc1ccc(/C=C/C(=O)OCC(=O)Nc2cc(C)cc(C)c2)cc1S(=O)(=O)N1CCOCC1. The maximum absolute atomic E-state index is 13.1. The third kappa shape index (κ3) is 6.66. The minimum atomic E-state index is -3.80. The van der Waals surface area contributed by atoms with E-state index in [0.29, 0.717) is 24.5 Å². The average Bonchev–Trinajstić information content (AvgIpc) is 2.81. The summed E-state index contributed by atoms with van der Waals surface area (Å²) in [6, 6.07) is 10.2. The minimum absolute atomic E-state index is 0.000225. The summed E-state index contributed by atoms with van der Waals surface area (Å²) < 4.78 is 42.9. The van der Waals surface area contributed by atoms with Gasteiger partial charge in [-0.05, 0) is 60.9 Å². The van der Waals surface area contributed by atoms with Crippen LogP contribution in [-0.4, -0.2) is 64.6 Å². The molecule has 0 saturated carbocycles. The van der Waals surface area contributed by atoms with E-state index >= 15 is 0 Å². The lowest BCUT2D eigenvalue weighted by Crippen LogP contribution is -2.40. The normalized spacial score (nSPS) is 14.7. The molecule has 1 N–H and O–H groups in total. The van der Waals surface area contributed by atoms with Gasteiger partial charge < -0.3 is 19.5 Å². The molecule has 1 fully saturated rings. The van der Waals surface area contributed by atoms with Gasteiger partial charge in [-0.15, -0.1) is 0 Å². The van der Waals surface area contributed by atoms with E-state index in [9.17, 15) is 18.0 Å². The largest absolute Gasteiger partial charge is 0.495 e. The van der Waals surface area contributed by atoms with Gasteiger partial charge in [0.05, 0.1) is 20.3 Å². The molecule has 0 aromatic heterocycles. The lowest BCUT2D eigenvalue weighted by Gasteiger charge is -2.26. The fourth-order valence-electron chi connectivity index (χ4n) is 3.52. The number of nitrogens with zero attached hydrogens (tertiary/aromatic N) is 1. The number of rotatable bonds is 8. The van der Waals surface area contributed by atoms with Gasteiger partial charge in [-0.25, -0.2) is 13.2 Å². The summed E-state index contributed by atoms with van der Waals surface area (Å²) in [4.78, 5) is 24.2. The number of hydrogen-bond donors (Lipinski definition) is 1. The van der Waals surface area contributed by atoms with Gasteiger partial charge in [0.25, 0.3) is 5.91 Å². The first-order valence-corrected chi connectivity index (χ1v) is 12.1. The number of ether oxygens (including phenoxy) is 3. The van der Waals surface area contributed by atoms with Gasteiger partial charge in [0.2, 0.25) is 10.0 Å². The van der Waals surface area contributed by atoms with Crippen molar-refractivity contribution in [1.29, 1.82) is 0 Å². The maximum Gasteiger partial charge on any atom is 0.331 e. The van der Waals surface area contributed by atoms with Gasteiger partial charge >= 0.3 is 5.97 Å². The van der Waals surface area contributed by atoms with Crippen molar-refractivity contribution in [2.24, 2.45) is 0 Å². The van der Waals surface area contributed by atoms with Gasteiger partial charge in [0.1, 0.15) is 10.6 Å². The molecule has 0 aliphatic carbocycles. The number of amides is 1. The third-order valence-electron chi connectivity index (χ3n) is 5.04. The summed E-state index contributed by atoms with van der Waals surface area (Å²) in [6.45, 7) is 4.54. The van der Waals surface area contributed by atoms with E-state index in [1.807, 2.05) is 32.0 Å². The van der Waals surface area contributed by atoms with Crippen LogP contribution in [0.4, 0.5) is 5.69 Å². The van der Waals surface area contributed by atoms with Crippen LogP contribution >= 0.6 is 0 Å². The van der Waals surface area contributed by atoms with Crippen molar-refractivity contribution in [3.8, 4) is 5.75 Å². The van der Waals surface area contributed by atoms with E-state index in [4.69, 9.17) is 14.2 Å². The van der Waals surface area contributed by atoms with E-state index < -0.39 is 28.5 Å². The highest BCUT2D eigenvalue weighted by molar-refractivity contribution is 7.89. The second-order valence-corrected chi connectivity index (χ2v) is 9.70. The van der Waals surface area contributed by atoms with Crippen molar-refractivity contribution in [1.82, 2.24) is 4.31 Å². The maximum atomic E-state index is 13.1. The van der Waals surface area contributed by atoms with Crippen LogP contribution in [0.25, 0.3) is 6.08 Å². The standard InChI is InChI=1S/C24H28N2O7S/c1-17-12-18(2)14-20(13-17)25-23(27)16-33-24(28)7-5-19-4-6-21(31-3)22(15-19)34(29,30)26-8-10-32-11-9-26/h4-7,12-15H,8-11,16H2,1-3H3,(H,25,27)/b7-5+. The topological polar surface area (TPSA) is 111 Å². The highest BCUT2D eigenvalue weighted by atomic mass is 32.2. The smallest absolute Gasteiger partial charge is 0.331 e. The van der Waals surface area contributed by atoms with Gasteiger partial charge in [-0.1, -0.05) is 12.1 Å². The van der Waals surface area contributed by atoms with Crippen LogP contribution in [0.2, 0.25) is 0 Å². The quantitative estimate of drug-likeness (QED) is 0.449. The minimum Gasteiger partial charge on any atom is -0.495 e. The van der Waals surface area contributed by atoms with Crippen LogP contribution in [0.3, 0.4) is 0 Å². The van der Waals surface area contributed by atoms with E-state index in [2.05, 4.69) is 5.32 Å². The molecule has 3 rings (SSSR count). The average molecular weight is 489 g/mol. The molecule has 10 heteroatoms. The number of carbonyl (C=O) groups excluding carboxylic acids is 2. The Kier molecular flexibility index (Phi) is 8.43. The summed E-state index contributed by atoms with van der Waals surface area (Å²) >= 11 is 0. The fourth-order valence-corrected chi connectivity index (χ4v) is 5.12. The van der Waals surface area contributed by atoms with Gasteiger partial charge in [-0.2, -0.15) is 4.31 Å². The highest BCUT2D eigenvalue weighted by Crippen LogP contribution is 2.28. The summed E-state index contributed by atoms with van der Waals surface area (Å²) in [5.41, 5.74) is 3.10. The lowest BCUT2D eigenvalue weighted by atomic mass is 10.1. The van der Waals surface area contributed by atoms with Gasteiger partial charge in [0.15, 0.2) is 6.61 Å². The molecule has 182 valence electrons. The van der Waals surface area contributed by atoms with E-state index in [1.165, 1.54) is 29.6 Å². The molecule has 1 amide bonds. The van der Waals surface area contributed by atoms with E-state index in [0.717, 1.165) is 17.2 Å². The third-order valence-corrected chi connectivity index (χ3v) is 6.96. The van der Waals surface area contributed by atoms with Crippen molar-refractivity contribution < 1.29 is 32.2 Å². The van der Waals surface area contributed by atoms with Crippen LogP contribution in [0.1, 0.15) is 16.7 Å². The van der Waals surface area contributed by atoms with Crippen molar-refractivity contribution in [2.45, 2.75) is 18.7 Å². The zero-order chi connectivity index (χ0) is 24.7.